The normalized spacial score (nSPS) is 16.1. The van der Waals surface area contributed by atoms with E-state index in [0.717, 1.165) is 30.8 Å². The van der Waals surface area contributed by atoms with E-state index in [9.17, 15) is 24.5 Å². The molecule has 2 N–H and O–H groups in total. The molecule has 31 heavy (non-hydrogen) atoms. The second-order valence-electron chi connectivity index (χ2n) is 7.67. The highest BCUT2D eigenvalue weighted by atomic mass is 16.6. The molecule has 2 aromatic carbocycles. The summed E-state index contributed by atoms with van der Waals surface area (Å²) >= 11 is 0. The lowest BCUT2D eigenvalue weighted by atomic mass is 9.92. The molecular formula is C21H23N5O5. The van der Waals surface area contributed by atoms with Crippen LogP contribution in [0.2, 0.25) is 0 Å². The number of carbonyl (C=O) groups is 3. The largest absolute Gasteiger partial charge is 0.338 e. The first-order chi connectivity index (χ1) is 14.9. The summed E-state index contributed by atoms with van der Waals surface area (Å²) in [5.74, 6) is -0.995. The van der Waals surface area contributed by atoms with Crippen LogP contribution in [-0.2, 0) is 0 Å². The third kappa shape index (κ3) is 3.93. The summed E-state index contributed by atoms with van der Waals surface area (Å²) in [4.78, 5) is 52.5. The molecule has 1 saturated heterocycles. The number of nitrogens with one attached hydrogen (secondary N) is 2. The van der Waals surface area contributed by atoms with Crippen LogP contribution in [0.4, 0.5) is 16.2 Å². The fourth-order valence-corrected chi connectivity index (χ4v) is 4.18. The van der Waals surface area contributed by atoms with Crippen molar-refractivity contribution in [3.05, 3.63) is 45.5 Å². The van der Waals surface area contributed by atoms with Crippen LogP contribution in [0.1, 0.15) is 40.5 Å². The van der Waals surface area contributed by atoms with Crippen molar-refractivity contribution in [1.82, 2.24) is 15.1 Å². The van der Waals surface area contributed by atoms with Crippen molar-refractivity contribution in [2.75, 3.05) is 38.0 Å². The van der Waals surface area contributed by atoms with Crippen molar-refractivity contribution in [1.29, 1.82) is 0 Å². The highest BCUT2D eigenvalue weighted by Gasteiger charge is 2.35. The molecule has 1 fully saturated rings. The molecule has 10 nitrogen and oxygen atoms in total. The number of non-ortho nitro benzene ring substituents is 1. The quantitative estimate of drug-likeness (QED) is 0.416. The Labute approximate surface area is 178 Å². The van der Waals surface area contributed by atoms with Crippen LogP contribution in [0.3, 0.4) is 0 Å². The second kappa shape index (κ2) is 8.31. The predicted octanol–water partition coefficient (Wildman–Crippen LogP) is 2.58. The summed E-state index contributed by atoms with van der Waals surface area (Å²) in [6, 6.07) is 5.13. The SMILES string of the molecule is CCNC(=O)Nc1cc2c3c(cc([N+](=O)[O-])cc3c1)C(=O)N(CCN1CCCC1)C2=O. The summed E-state index contributed by atoms with van der Waals surface area (Å²) < 4.78 is 0. The molecule has 2 aliphatic heterocycles. The van der Waals surface area contributed by atoms with E-state index < -0.39 is 22.8 Å². The van der Waals surface area contributed by atoms with Gasteiger partial charge in [0.25, 0.3) is 17.5 Å². The number of urea groups is 1. The molecule has 0 saturated carbocycles. The molecule has 4 rings (SSSR count). The summed E-state index contributed by atoms with van der Waals surface area (Å²) in [6.45, 7) is 4.80. The minimum Gasteiger partial charge on any atom is -0.338 e. The standard InChI is InChI=1S/C21H23N5O5/c1-2-22-21(29)23-14-9-13-10-15(26(30)31)12-17-18(13)16(11-14)19(27)25(20(17)28)8-7-24-5-3-4-6-24/h9-12H,2-8H2,1H3,(H2,22,23,29). The summed E-state index contributed by atoms with van der Waals surface area (Å²) in [5, 5.41) is 17.4. The number of nitrogens with zero attached hydrogens (tertiary/aromatic N) is 3. The third-order valence-corrected chi connectivity index (χ3v) is 5.63. The Morgan fingerprint density at radius 3 is 2.39 bits per heavy atom. The van der Waals surface area contributed by atoms with Crippen LogP contribution >= 0.6 is 0 Å². The van der Waals surface area contributed by atoms with E-state index in [0.29, 0.717) is 29.5 Å². The molecular weight excluding hydrogens is 402 g/mol. The first kappa shape index (κ1) is 20.7. The zero-order valence-electron chi connectivity index (χ0n) is 17.1. The van der Waals surface area contributed by atoms with Crippen molar-refractivity contribution in [3.8, 4) is 0 Å². The van der Waals surface area contributed by atoms with E-state index in [1.54, 1.807) is 6.92 Å². The van der Waals surface area contributed by atoms with Crippen molar-refractivity contribution >= 4 is 40.0 Å². The van der Waals surface area contributed by atoms with E-state index in [1.165, 1.54) is 24.3 Å². The van der Waals surface area contributed by atoms with E-state index in [-0.39, 0.29) is 23.4 Å². The van der Waals surface area contributed by atoms with Crippen LogP contribution in [0, 0.1) is 10.1 Å². The number of nitro benzene ring substituents is 1. The molecule has 4 amide bonds. The van der Waals surface area contributed by atoms with Gasteiger partial charge in [-0.3, -0.25) is 24.6 Å². The van der Waals surface area contributed by atoms with Gasteiger partial charge in [0.1, 0.15) is 0 Å². The molecule has 0 unspecified atom stereocenters. The van der Waals surface area contributed by atoms with Crippen molar-refractivity contribution in [2.24, 2.45) is 0 Å². The van der Waals surface area contributed by atoms with Gasteiger partial charge < -0.3 is 15.5 Å². The van der Waals surface area contributed by atoms with Gasteiger partial charge in [-0.05, 0) is 50.4 Å². The molecule has 0 aliphatic carbocycles. The number of carbonyl (C=O) groups excluding carboxylic acids is 3. The predicted molar refractivity (Wildman–Crippen MR) is 114 cm³/mol. The second-order valence-corrected chi connectivity index (χ2v) is 7.67. The number of likely N-dealkylation sites (tertiary alicyclic amines) is 1. The lowest BCUT2D eigenvalue weighted by Crippen LogP contribution is -2.44. The maximum Gasteiger partial charge on any atom is 0.319 e. The zero-order valence-corrected chi connectivity index (χ0v) is 17.1. The molecule has 0 spiro atoms. The topological polar surface area (TPSA) is 125 Å². The van der Waals surface area contributed by atoms with E-state index in [4.69, 9.17) is 0 Å². The van der Waals surface area contributed by atoms with Gasteiger partial charge in [0.2, 0.25) is 0 Å². The van der Waals surface area contributed by atoms with Crippen molar-refractivity contribution in [2.45, 2.75) is 19.8 Å². The summed E-state index contributed by atoms with van der Waals surface area (Å²) in [7, 11) is 0. The molecule has 0 atom stereocenters. The van der Waals surface area contributed by atoms with E-state index in [1.807, 2.05) is 0 Å². The van der Waals surface area contributed by atoms with E-state index >= 15 is 0 Å². The van der Waals surface area contributed by atoms with Crippen LogP contribution in [0.25, 0.3) is 10.8 Å². The number of anilines is 1. The Bertz CT molecular complexity index is 1090. The lowest BCUT2D eigenvalue weighted by Gasteiger charge is -2.29. The minimum absolute atomic E-state index is 0.129. The zero-order chi connectivity index (χ0) is 22.1. The molecule has 0 radical (unpaired) electrons. The molecule has 2 heterocycles. The van der Waals surface area contributed by atoms with Crippen LogP contribution in [0.5, 0.6) is 0 Å². The van der Waals surface area contributed by atoms with Gasteiger partial charge in [-0.1, -0.05) is 0 Å². The minimum atomic E-state index is -0.572. The van der Waals surface area contributed by atoms with Gasteiger partial charge in [-0.25, -0.2) is 4.79 Å². The van der Waals surface area contributed by atoms with Gasteiger partial charge >= 0.3 is 6.03 Å². The lowest BCUT2D eigenvalue weighted by molar-refractivity contribution is -0.384. The maximum absolute atomic E-state index is 13.2. The van der Waals surface area contributed by atoms with Gasteiger partial charge in [0.05, 0.1) is 16.1 Å². The maximum atomic E-state index is 13.2. The number of hydrogen-bond acceptors (Lipinski definition) is 6. The molecule has 0 bridgehead atoms. The highest BCUT2D eigenvalue weighted by Crippen LogP contribution is 2.35. The van der Waals surface area contributed by atoms with Gasteiger partial charge in [-0.15, -0.1) is 0 Å². The summed E-state index contributed by atoms with van der Waals surface area (Å²) in [5.41, 5.74) is 0.452. The Hall–Kier alpha value is -3.53. The average Bonchev–Trinajstić information content (AvgIpc) is 3.25. The Kier molecular flexibility index (Phi) is 5.55. The fraction of sp³-hybridized carbons (Fsp3) is 0.381. The highest BCUT2D eigenvalue weighted by molar-refractivity contribution is 6.26. The molecule has 0 aromatic heterocycles. The Morgan fingerprint density at radius 2 is 1.74 bits per heavy atom. The van der Waals surface area contributed by atoms with Crippen molar-refractivity contribution in [3.63, 3.8) is 0 Å². The fourth-order valence-electron chi connectivity index (χ4n) is 4.18. The first-order valence-corrected chi connectivity index (χ1v) is 10.3. The van der Waals surface area contributed by atoms with Gasteiger partial charge in [-0.2, -0.15) is 0 Å². The monoisotopic (exact) mass is 425 g/mol. The Morgan fingerprint density at radius 1 is 1.06 bits per heavy atom. The van der Waals surface area contributed by atoms with Crippen LogP contribution < -0.4 is 10.6 Å². The van der Waals surface area contributed by atoms with Gasteiger partial charge in [0.15, 0.2) is 0 Å². The number of nitro groups is 1. The molecule has 2 aliphatic rings. The average molecular weight is 425 g/mol. The van der Waals surface area contributed by atoms with Crippen molar-refractivity contribution < 1.29 is 19.3 Å². The van der Waals surface area contributed by atoms with Gasteiger partial charge in [0, 0.05) is 42.8 Å². The van der Waals surface area contributed by atoms with Crippen LogP contribution in [-0.4, -0.2) is 65.3 Å². The first-order valence-electron chi connectivity index (χ1n) is 10.3. The Balaban J connectivity index is 1.77. The number of imide groups is 1. The number of hydrogen-bond donors (Lipinski definition) is 2. The molecule has 10 heteroatoms. The molecule has 2 aromatic rings. The van der Waals surface area contributed by atoms with Crippen LogP contribution in [0.15, 0.2) is 24.3 Å². The summed E-state index contributed by atoms with van der Waals surface area (Å²) in [6.07, 6.45) is 2.18. The number of benzene rings is 2. The number of amides is 4. The third-order valence-electron chi connectivity index (χ3n) is 5.63. The number of rotatable bonds is 6. The smallest absolute Gasteiger partial charge is 0.319 e. The van der Waals surface area contributed by atoms with E-state index in [2.05, 4.69) is 15.5 Å². The molecule has 162 valence electrons.